The molecule has 0 aromatic rings. The lowest BCUT2D eigenvalue weighted by molar-refractivity contribution is -0.0641. The number of hydrogen-bond donors (Lipinski definition) is 5. The molecule has 1 unspecified atom stereocenters. The first-order chi connectivity index (χ1) is 9.61. The molecule has 4 atom stereocenters. The van der Waals surface area contributed by atoms with Crippen LogP contribution in [0.2, 0.25) is 0 Å². The van der Waals surface area contributed by atoms with Crippen molar-refractivity contribution >= 4 is 0 Å². The van der Waals surface area contributed by atoms with E-state index < -0.39 is 24.4 Å². The highest BCUT2D eigenvalue weighted by atomic mass is 16.4. The van der Waals surface area contributed by atoms with E-state index >= 15 is 0 Å². The van der Waals surface area contributed by atoms with Gasteiger partial charge in [0.2, 0.25) is 0 Å². The van der Waals surface area contributed by atoms with Crippen molar-refractivity contribution in [1.29, 1.82) is 0 Å². The molecule has 1 aliphatic rings. The first kappa shape index (κ1) is 17.6. The molecule has 5 N–H and O–H groups in total. The van der Waals surface area contributed by atoms with Gasteiger partial charge in [0.05, 0.1) is 12.6 Å². The molecule has 0 saturated carbocycles. The largest absolute Gasteiger partial charge is 0.392 e. The fraction of sp³-hybridized carbons (Fsp3) is 0.867. The highest BCUT2D eigenvalue weighted by molar-refractivity contribution is 5.21. The van der Waals surface area contributed by atoms with Gasteiger partial charge in [-0.05, 0) is 18.5 Å². The Bertz CT molecular complexity index is 296. The van der Waals surface area contributed by atoms with Crippen LogP contribution in [-0.4, -0.2) is 57.9 Å². The number of rotatable bonds is 9. The van der Waals surface area contributed by atoms with Crippen LogP contribution < -0.4 is 5.32 Å². The van der Waals surface area contributed by atoms with E-state index in [2.05, 4.69) is 12.2 Å². The smallest absolute Gasteiger partial charge is 0.111 e. The summed E-state index contributed by atoms with van der Waals surface area (Å²) < 4.78 is 0. The van der Waals surface area contributed by atoms with E-state index in [0.29, 0.717) is 5.57 Å². The molecule has 0 spiro atoms. The number of nitrogens with one attached hydrogen (secondary N) is 1. The minimum Gasteiger partial charge on any atom is -0.392 e. The summed E-state index contributed by atoms with van der Waals surface area (Å²) in [6.45, 7) is 2.64. The van der Waals surface area contributed by atoms with Crippen LogP contribution in [0.15, 0.2) is 11.6 Å². The first-order valence-electron chi connectivity index (χ1n) is 7.70. The lowest BCUT2D eigenvalue weighted by Crippen LogP contribution is -2.54. The standard InChI is InChI=1S/C15H29NO4/c1-2-3-4-5-6-7-8-16-12-9-11(10-17)13(18)15(20)14(12)19/h9,12-20H,2-8,10H2,1H3/t12-,13-,14?,15+/m1/s1. The Balaban J connectivity index is 2.29. The van der Waals surface area contributed by atoms with Crippen molar-refractivity contribution in [2.45, 2.75) is 69.8 Å². The Kier molecular flexibility index (Phi) is 8.33. The highest BCUT2D eigenvalue weighted by Gasteiger charge is 2.36. The molecule has 0 aromatic heterocycles. The summed E-state index contributed by atoms with van der Waals surface area (Å²) in [6, 6.07) is -0.411. The third-order valence-corrected chi connectivity index (χ3v) is 3.91. The van der Waals surface area contributed by atoms with Gasteiger partial charge in [-0.1, -0.05) is 45.1 Å². The fourth-order valence-electron chi connectivity index (χ4n) is 2.55. The average Bonchev–Trinajstić information content (AvgIpc) is 2.46. The normalized spacial score (nSPS) is 30.4. The second-order valence-electron chi connectivity index (χ2n) is 5.57. The first-order valence-corrected chi connectivity index (χ1v) is 7.70. The van der Waals surface area contributed by atoms with E-state index in [-0.39, 0.29) is 6.61 Å². The summed E-state index contributed by atoms with van der Waals surface area (Å²) in [5.41, 5.74) is 0.364. The second-order valence-corrected chi connectivity index (χ2v) is 5.57. The molecular weight excluding hydrogens is 258 g/mol. The predicted molar refractivity (Wildman–Crippen MR) is 78.4 cm³/mol. The Morgan fingerprint density at radius 3 is 2.30 bits per heavy atom. The van der Waals surface area contributed by atoms with Crippen LogP contribution in [0.25, 0.3) is 0 Å². The van der Waals surface area contributed by atoms with Gasteiger partial charge in [0.15, 0.2) is 0 Å². The predicted octanol–water partition coefficient (Wildman–Crippen LogP) is 0.320. The topological polar surface area (TPSA) is 93.0 Å². The summed E-state index contributed by atoms with van der Waals surface area (Å²) in [6.07, 6.45) is 5.34. The lowest BCUT2D eigenvalue weighted by Gasteiger charge is -2.34. The fourth-order valence-corrected chi connectivity index (χ4v) is 2.55. The van der Waals surface area contributed by atoms with Crippen molar-refractivity contribution in [3.05, 3.63) is 11.6 Å². The minimum absolute atomic E-state index is 0.305. The van der Waals surface area contributed by atoms with E-state index in [1.807, 2.05) is 0 Å². The Hall–Kier alpha value is -0.460. The molecule has 118 valence electrons. The van der Waals surface area contributed by atoms with E-state index in [1.165, 1.54) is 25.7 Å². The Labute approximate surface area is 121 Å². The van der Waals surface area contributed by atoms with Crippen LogP contribution in [0.5, 0.6) is 0 Å². The molecule has 0 fully saturated rings. The van der Waals surface area contributed by atoms with Crippen LogP contribution in [0.1, 0.15) is 45.4 Å². The van der Waals surface area contributed by atoms with Gasteiger partial charge in [-0.2, -0.15) is 0 Å². The van der Waals surface area contributed by atoms with E-state index in [0.717, 1.165) is 19.4 Å². The molecule has 0 bridgehead atoms. The number of aliphatic hydroxyl groups excluding tert-OH is 4. The Morgan fingerprint density at radius 2 is 1.65 bits per heavy atom. The number of aliphatic hydroxyl groups is 4. The SMILES string of the molecule is CCCCCCCCN[C@@H]1C=C(CO)[C@@H](O)[C@H](O)C1O. The summed E-state index contributed by atoms with van der Waals surface area (Å²) in [4.78, 5) is 0. The summed E-state index contributed by atoms with van der Waals surface area (Å²) >= 11 is 0. The summed E-state index contributed by atoms with van der Waals surface area (Å²) in [7, 11) is 0. The molecule has 0 radical (unpaired) electrons. The van der Waals surface area contributed by atoms with Crippen molar-refractivity contribution < 1.29 is 20.4 Å². The molecule has 0 amide bonds. The zero-order chi connectivity index (χ0) is 15.0. The average molecular weight is 287 g/mol. The van der Waals surface area contributed by atoms with E-state index in [4.69, 9.17) is 5.11 Å². The van der Waals surface area contributed by atoms with Gasteiger partial charge in [-0.15, -0.1) is 0 Å². The van der Waals surface area contributed by atoms with Gasteiger partial charge in [-0.3, -0.25) is 0 Å². The highest BCUT2D eigenvalue weighted by Crippen LogP contribution is 2.20. The molecule has 1 aliphatic carbocycles. The van der Waals surface area contributed by atoms with Crippen molar-refractivity contribution in [3.8, 4) is 0 Å². The number of unbranched alkanes of at least 4 members (excludes halogenated alkanes) is 5. The molecule has 0 aromatic carbocycles. The van der Waals surface area contributed by atoms with Crippen molar-refractivity contribution in [2.75, 3.05) is 13.2 Å². The van der Waals surface area contributed by atoms with Crippen molar-refractivity contribution in [2.24, 2.45) is 0 Å². The van der Waals surface area contributed by atoms with Crippen LogP contribution >= 0.6 is 0 Å². The van der Waals surface area contributed by atoms with Crippen LogP contribution in [0.3, 0.4) is 0 Å². The van der Waals surface area contributed by atoms with Crippen LogP contribution in [0.4, 0.5) is 0 Å². The van der Waals surface area contributed by atoms with E-state index in [9.17, 15) is 15.3 Å². The van der Waals surface area contributed by atoms with E-state index in [1.54, 1.807) is 6.08 Å². The van der Waals surface area contributed by atoms with Gasteiger partial charge in [0.25, 0.3) is 0 Å². The van der Waals surface area contributed by atoms with Crippen LogP contribution in [0, 0.1) is 0 Å². The molecule has 20 heavy (non-hydrogen) atoms. The van der Waals surface area contributed by atoms with Gasteiger partial charge in [0.1, 0.15) is 18.3 Å². The maximum absolute atomic E-state index is 9.90. The maximum Gasteiger partial charge on any atom is 0.111 e. The zero-order valence-corrected chi connectivity index (χ0v) is 12.3. The van der Waals surface area contributed by atoms with Crippen molar-refractivity contribution in [1.82, 2.24) is 5.32 Å². The lowest BCUT2D eigenvalue weighted by atomic mass is 9.88. The second kappa shape index (κ2) is 9.47. The third kappa shape index (κ3) is 5.14. The maximum atomic E-state index is 9.90. The number of hydrogen-bond acceptors (Lipinski definition) is 5. The van der Waals surface area contributed by atoms with Crippen LogP contribution in [-0.2, 0) is 0 Å². The summed E-state index contributed by atoms with van der Waals surface area (Å²) in [5, 5.41) is 41.6. The molecule has 5 heteroatoms. The summed E-state index contributed by atoms with van der Waals surface area (Å²) in [5.74, 6) is 0. The van der Waals surface area contributed by atoms with Crippen molar-refractivity contribution in [3.63, 3.8) is 0 Å². The van der Waals surface area contributed by atoms with Gasteiger partial charge >= 0.3 is 0 Å². The Morgan fingerprint density at radius 1 is 1.00 bits per heavy atom. The molecular formula is C15H29NO4. The quantitative estimate of drug-likeness (QED) is 0.311. The van der Waals surface area contributed by atoms with Gasteiger partial charge in [-0.25, -0.2) is 0 Å². The molecule has 0 aliphatic heterocycles. The van der Waals surface area contributed by atoms with Gasteiger partial charge < -0.3 is 25.7 Å². The van der Waals surface area contributed by atoms with Gasteiger partial charge in [0, 0.05) is 0 Å². The third-order valence-electron chi connectivity index (χ3n) is 3.91. The molecule has 1 rings (SSSR count). The molecule has 0 saturated heterocycles. The zero-order valence-electron chi connectivity index (χ0n) is 12.3. The molecule has 5 nitrogen and oxygen atoms in total. The minimum atomic E-state index is -1.25. The monoisotopic (exact) mass is 287 g/mol. The molecule has 0 heterocycles.